The molecule has 0 aliphatic heterocycles. The van der Waals surface area contributed by atoms with E-state index in [1.165, 1.54) is 0 Å². The Morgan fingerprint density at radius 2 is 1.81 bits per heavy atom. The average molecular weight is 435 g/mol. The van der Waals surface area contributed by atoms with Gasteiger partial charge in [-0.25, -0.2) is 9.97 Å². The van der Waals surface area contributed by atoms with Crippen LogP contribution in [0.4, 0.5) is 5.95 Å². The summed E-state index contributed by atoms with van der Waals surface area (Å²) in [6.07, 6.45) is 8.56. The van der Waals surface area contributed by atoms with Crippen molar-refractivity contribution >= 4 is 5.95 Å². The maximum atomic E-state index is 9.57. The molecule has 0 amide bonds. The van der Waals surface area contributed by atoms with Crippen LogP contribution in [-0.4, -0.2) is 46.6 Å². The maximum absolute atomic E-state index is 9.57. The van der Waals surface area contributed by atoms with Gasteiger partial charge in [0.2, 0.25) is 5.95 Å². The Bertz CT molecular complexity index is 1180. The van der Waals surface area contributed by atoms with Gasteiger partial charge in [-0.05, 0) is 31.4 Å². The van der Waals surface area contributed by atoms with Gasteiger partial charge in [0.25, 0.3) is 5.89 Å². The zero-order valence-corrected chi connectivity index (χ0v) is 18.5. The second-order valence-corrected chi connectivity index (χ2v) is 8.63. The fourth-order valence-corrected chi connectivity index (χ4v) is 3.38. The standard InChI is InChI=1S/C22H26N8O2/c1-13(2)18(14-5-6-17(24-7-14)15-8-25-21(23)26-9-15)19-28-20(32-29-19)16-10-27-30(11-16)22(3,4)12-31/h5-11,13,18,31H,12H2,1-4H3,(H2,23,25,26)/t18-/m1/s1. The predicted molar refractivity (Wildman–Crippen MR) is 118 cm³/mol. The first kappa shape index (κ1) is 21.6. The van der Waals surface area contributed by atoms with Crippen molar-refractivity contribution in [2.24, 2.45) is 5.92 Å². The van der Waals surface area contributed by atoms with Gasteiger partial charge in [0.1, 0.15) is 0 Å². The smallest absolute Gasteiger partial charge is 0.261 e. The Morgan fingerprint density at radius 1 is 1.06 bits per heavy atom. The SMILES string of the molecule is CC(C)[C@H](c1ccc(-c2cnc(N)nc2)nc1)c1noc(-c2cnn(C(C)(C)CO)c2)n1. The molecule has 3 N–H and O–H groups in total. The van der Waals surface area contributed by atoms with Crippen molar-refractivity contribution in [3.63, 3.8) is 0 Å². The van der Waals surface area contributed by atoms with Crippen LogP contribution in [0.1, 0.15) is 45.0 Å². The zero-order chi connectivity index (χ0) is 22.9. The number of pyridine rings is 1. The molecule has 0 aliphatic carbocycles. The van der Waals surface area contributed by atoms with E-state index in [0.29, 0.717) is 17.3 Å². The molecule has 0 fully saturated rings. The molecule has 0 spiro atoms. The van der Waals surface area contributed by atoms with Crippen molar-refractivity contribution < 1.29 is 9.63 Å². The fourth-order valence-electron chi connectivity index (χ4n) is 3.38. The van der Waals surface area contributed by atoms with E-state index in [9.17, 15) is 5.11 Å². The van der Waals surface area contributed by atoms with E-state index in [1.54, 1.807) is 29.5 Å². The molecule has 0 radical (unpaired) electrons. The number of rotatable bonds is 7. The summed E-state index contributed by atoms with van der Waals surface area (Å²) in [5.41, 5.74) is 8.25. The summed E-state index contributed by atoms with van der Waals surface area (Å²) in [5, 5.41) is 18.1. The van der Waals surface area contributed by atoms with Crippen LogP contribution in [0, 0.1) is 5.92 Å². The molecular formula is C22H26N8O2. The van der Waals surface area contributed by atoms with Crippen LogP contribution in [0.15, 0.2) is 47.6 Å². The number of aromatic nitrogens is 7. The maximum Gasteiger partial charge on any atom is 0.261 e. The van der Waals surface area contributed by atoms with Gasteiger partial charge in [-0.2, -0.15) is 10.1 Å². The molecule has 1 atom stereocenters. The molecule has 32 heavy (non-hydrogen) atoms. The number of aliphatic hydroxyl groups is 1. The van der Waals surface area contributed by atoms with Crippen LogP contribution in [0.25, 0.3) is 22.7 Å². The molecule has 10 heteroatoms. The topological polar surface area (TPSA) is 142 Å². The van der Waals surface area contributed by atoms with Crippen LogP contribution in [0.5, 0.6) is 0 Å². The second kappa shape index (κ2) is 8.46. The van der Waals surface area contributed by atoms with Crippen LogP contribution in [0.3, 0.4) is 0 Å². The minimum Gasteiger partial charge on any atom is -0.394 e. The largest absolute Gasteiger partial charge is 0.394 e. The van der Waals surface area contributed by atoms with Crippen molar-refractivity contribution in [1.82, 2.24) is 34.9 Å². The molecule has 0 unspecified atom stereocenters. The lowest BCUT2D eigenvalue weighted by Gasteiger charge is -2.21. The normalized spacial score (nSPS) is 12.9. The molecule has 0 saturated carbocycles. The van der Waals surface area contributed by atoms with Gasteiger partial charge in [-0.3, -0.25) is 9.67 Å². The Balaban J connectivity index is 1.60. The highest BCUT2D eigenvalue weighted by Crippen LogP contribution is 2.32. The molecule has 0 aromatic carbocycles. The lowest BCUT2D eigenvalue weighted by molar-refractivity contribution is 0.152. The average Bonchev–Trinajstić information content (AvgIpc) is 3.45. The summed E-state index contributed by atoms with van der Waals surface area (Å²) in [5.74, 6) is 1.30. The summed E-state index contributed by atoms with van der Waals surface area (Å²) in [4.78, 5) is 17.2. The first-order chi connectivity index (χ1) is 15.3. The Morgan fingerprint density at radius 3 is 2.44 bits per heavy atom. The summed E-state index contributed by atoms with van der Waals surface area (Å²) >= 11 is 0. The Kier molecular flexibility index (Phi) is 5.70. The first-order valence-corrected chi connectivity index (χ1v) is 10.3. The van der Waals surface area contributed by atoms with Crippen LogP contribution in [0.2, 0.25) is 0 Å². The molecule has 10 nitrogen and oxygen atoms in total. The number of nitrogens with two attached hydrogens (primary N) is 1. The summed E-state index contributed by atoms with van der Waals surface area (Å²) in [6, 6.07) is 3.92. The molecular weight excluding hydrogens is 408 g/mol. The van der Waals surface area contributed by atoms with Gasteiger partial charge in [-0.1, -0.05) is 25.1 Å². The van der Waals surface area contributed by atoms with Gasteiger partial charge in [0, 0.05) is 30.4 Å². The second-order valence-electron chi connectivity index (χ2n) is 8.63. The lowest BCUT2D eigenvalue weighted by Crippen LogP contribution is -2.30. The Hall–Kier alpha value is -3.66. The van der Waals surface area contributed by atoms with E-state index < -0.39 is 5.54 Å². The van der Waals surface area contributed by atoms with E-state index >= 15 is 0 Å². The van der Waals surface area contributed by atoms with E-state index in [1.807, 2.05) is 32.2 Å². The number of nitrogen functional groups attached to an aromatic ring is 1. The van der Waals surface area contributed by atoms with Crippen LogP contribution >= 0.6 is 0 Å². The minimum absolute atomic E-state index is 0.0376. The summed E-state index contributed by atoms with van der Waals surface area (Å²) in [6.45, 7) is 7.95. The molecule has 4 aromatic rings. The van der Waals surface area contributed by atoms with Crippen molar-refractivity contribution in [3.8, 4) is 22.7 Å². The minimum atomic E-state index is -0.523. The van der Waals surface area contributed by atoms with Crippen LogP contribution in [-0.2, 0) is 5.54 Å². The number of hydrogen-bond acceptors (Lipinski definition) is 9. The van der Waals surface area contributed by atoms with Crippen molar-refractivity contribution in [1.29, 1.82) is 0 Å². The third-order valence-electron chi connectivity index (χ3n) is 5.34. The lowest BCUT2D eigenvalue weighted by atomic mass is 9.88. The van der Waals surface area contributed by atoms with E-state index in [2.05, 4.69) is 44.0 Å². The number of anilines is 1. The molecule has 0 bridgehead atoms. The fraction of sp³-hybridized carbons (Fsp3) is 0.364. The third-order valence-corrected chi connectivity index (χ3v) is 5.34. The number of aliphatic hydroxyl groups excluding tert-OH is 1. The molecule has 0 saturated heterocycles. The van der Waals surface area contributed by atoms with E-state index in [-0.39, 0.29) is 24.4 Å². The highest BCUT2D eigenvalue weighted by Gasteiger charge is 2.26. The van der Waals surface area contributed by atoms with Gasteiger partial charge >= 0.3 is 0 Å². The predicted octanol–water partition coefficient (Wildman–Crippen LogP) is 2.88. The van der Waals surface area contributed by atoms with E-state index in [0.717, 1.165) is 16.8 Å². The first-order valence-electron chi connectivity index (χ1n) is 10.3. The van der Waals surface area contributed by atoms with Crippen molar-refractivity contribution in [2.45, 2.75) is 39.2 Å². The Labute approximate surface area is 185 Å². The summed E-state index contributed by atoms with van der Waals surface area (Å²) in [7, 11) is 0. The zero-order valence-electron chi connectivity index (χ0n) is 18.5. The molecule has 4 heterocycles. The number of hydrogen-bond donors (Lipinski definition) is 2. The monoisotopic (exact) mass is 434 g/mol. The quantitative estimate of drug-likeness (QED) is 0.449. The van der Waals surface area contributed by atoms with Gasteiger partial charge in [0.05, 0.1) is 35.5 Å². The van der Waals surface area contributed by atoms with Gasteiger partial charge in [0.15, 0.2) is 5.82 Å². The molecule has 0 aliphatic rings. The van der Waals surface area contributed by atoms with Gasteiger partial charge < -0.3 is 15.4 Å². The van der Waals surface area contributed by atoms with Crippen LogP contribution < -0.4 is 5.73 Å². The highest BCUT2D eigenvalue weighted by atomic mass is 16.5. The van der Waals surface area contributed by atoms with Crippen molar-refractivity contribution in [3.05, 3.63) is 54.5 Å². The van der Waals surface area contributed by atoms with E-state index in [4.69, 9.17) is 10.3 Å². The highest BCUT2D eigenvalue weighted by molar-refractivity contribution is 5.57. The number of nitrogens with zero attached hydrogens (tertiary/aromatic N) is 7. The molecule has 166 valence electrons. The van der Waals surface area contributed by atoms with Crippen molar-refractivity contribution in [2.75, 3.05) is 12.3 Å². The summed E-state index contributed by atoms with van der Waals surface area (Å²) < 4.78 is 7.23. The van der Waals surface area contributed by atoms with Gasteiger partial charge in [-0.15, -0.1) is 0 Å². The third kappa shape index (κ3) is 4.22. The molecule has 4 aromatic heterocycles. The molecule has 4 rings (SSSR count).